The summed E-state index contributed by atoms with van der Waals surface area (Å²) in [4.78, 5) is 7.15. The second kappa shape index (κ2) is 11.2. The molecule has 2 heterocycles. The van der Waals surface area contributed by atoms with Crippen LogP contribution in [0.4, 0.5) is 0 Å². The zero-order chi connectivity index (χ0) is 19.2. The van der Waals surface area contributed by atoms with Crippen LogP contribution < -0.4 is 10.6 Å². The van der Waals surface area contributed by atoms with Crippen molar-refractivity contribution in [2.24, 2.45) is 4.99 Å². The van der Waals surface area contributed by atoms with E-state index in [-0.39, 0.29) is 24.0 Å². The molecule has 1 saturated carbocycles. The van der Waals surface area contributed by atoms with E-state index in [1.807, 2.05) is 25.2 Å². The van der Waals surface area contributed by atoms with Crippen LogP contribution in [0.25, 0.3) is 11.0 Å². The molecule has 2 aromatic rings. The Morgan fingerprint density at radius 3 is 2.59 bits per heavy atom. The van der Waals surface area contributed by atoms with Gasteiger partial charge in [0, 0.05) is 50.6 Å². The Kier molecular flexibility index (Phi) is 8.66. The van der Waals surface area contributed by atoms with E-state index >= 15 is 0 Å². The minimum absolute atomic E-state index is 0. The molecule has 0 spiro atoms. The number of nitrogens with zero attached hydrogens (tertiary/aromatic N) is 2. The molecule has 0 bridgehead atoms. The Morgan fingerprint density at radius 2 is 1.86 bits per heavy atom. The van der Waals surface area contributed by atoms with Gasteiger partial charge < -0.3 is 20.0 Å². The van der Waals surface area contributed by atoms with Crippen LogP contribution in [0, 0.1) is 0 Å². The number of likely N-dealkylation sites (tertiary alicyclic amines) is 1. The predicted molar refractivity (Wildman–Crippen MR) is 131 cm³/mol. The van der Waals surface area contributed by atoms with Gasteiger partial charge in [0.25, 0.3) is 0 Å². The van der Waals surface area contributed by atoms with Crippen LogP contribution >= 0.6 is 24.0 Å². The third-order valence-electron chi connectivity index (χ3n) is 6.33. The maximum absolute atomic E-state index is 5.90. The maximum atomic E-state index is 5.90. The molecule has 1 aromatic heterocycles. The van der Waals surface area contributed by atoms with Gasteiger partial charge in [0.2, 0.25) is 0 Å². The molecular weight excluding hydrogens is 475 g/mol. The molecule has 0 radical (unpaired) electrons. The number of nitrogens with one attached hydrogen (secondary N) is 2. The number of fused-ring (bicyclic) bond motifs is 1. The monoisotopic (exact) mass is 510 g/mol. The number of halogens is 1. The number of para-hydroxylation sites is 1. The van der Waals surface area contributed by atoms with Crippen molar-refractivity contribution in [1.29, 1.82) is 0 Å². The van der Waals surface area contributed by atoms with Crippen LogP contribution in [0.1, 0.15) is 50.7 Å². The van der Waals surface area contributed by atoms with Crippen LogP contribution in [-0.4, -0.2) is 49.6 Å². The standard InChI is InChI=1S/C23H34N4O.HI/c1-24-23(25-14-11-21-17-18-7-5-6-10-22(18)28-21)26-19-12-15-27(16-13-19)20-8-3-2-4-9-20;/h5-7,10,17,19-20H,2-4,8-9,11-16H2,1H3,(H2,24,25,26);1H. The zero-order valence-electron chi connectivity index (χ0n) is 17.5. The first-order valence-corrected chi connectivity index (χ1v) is 11.0. The number of rotatable bonds is 5. The maximum Gasteiger partial charge on any atom is 0.191 e. The first-order chi connectivity index (χ1) is 13.8. The normalized spacial score (nSPS) is 19.8. The summed E-state index contributed by atoms with van der Waals surface area (Å²) >= 11 is 0. The number of hydrogen-bond acceptors (Lipinski definition) is 3. The Morgan fingerprint density at radius 1 is 1.10 bits per heavy atom. The van der Waals surface area contributed by atoms with Gasteiger partial charge in [0.05, 0.1) is 0 Å². The Hall–Kier alpha value is -1.28. The highest BCUT2D eigenvalue weighted by Gasteiger charge is 2.26. The third-order valence-corrected chi connectivity index (χ3v) is 6.33. The van der Waals surface area contributed by atoms with E-state index in [0.717, 1.165) is 36.3 Å². The summed E-state index contributed by atoms with van der Waals surface area (Å²) in [6.07, 6.45) is 10.4. The summed E-state index contributed by atoms with van der Waals surface area (Å²) in [6, 6.07) is 11.7. The molecule has 0 atom stereocenters. The van der Waals surface area contributed by atoms with Crippen LogP contribution in [-0.2, 0) is 6.42 Å². The summed E-state index contributed by atoms with van der Waals surface area (Å²) in [7, 11) is 1.85. The molecule has 2 N–H and O–H groups in total. The fourth-order valence-electron chi connectivity index (χ4n) is 4.71. The molecule has 29 heavy (non-hydrogen) atoms. The topological polar surface area (TPSA) is 52.8 Å². The Balaban J connectivity index is 0.00000240. The van der Waals surface area contributed by atoms with Gasteiger partial charge >= 0.3 is 0 Å². The summed E-state index contributed by atoms with van der Waals surface area (Å²) in [5.74, 6) is 1.93. The van der Waals surface area contributed by atoms with E-state index < -0.39 is 0 Å². The van der Waals surface area contributed by atoms with Gasteiger partial charge in [-0.3, -0.25) is 4.99 Å². The smallest absolute Gasteiger partial charge is 0.191 e. The lowest BCUT2D eigenvalue weighted by molar-refractivity contribution is 0.119. The second-order valence-electron chi connectivity index (χ2n) is 8.25. The fourth-order valence-corrected chi connectivity index (χ4v) is 4.71. The second-order valence-corrected chi connectivity index (χ2v) is 8.25. The fraction of sp³-hybridized carbons (Fsp3) is 0.609. The third kappa shape index (κ3) is 6.10. The number of hydrogen-bond donors (Lipinski definition) is 2. The van der Waals surface area contributed by atoms with Gasteiger partial charge in [-0.05, 0) is 37.8 Å². The lowest BCUT2D eigenvalue weighted by Gasteiger charge is -2.39. The largest absolute Gasteiger partial charge is 0.461 e. The van der Waals surface area contributed by atoms with Gasteiger partial charge in [0.1, 0.15) is 11.3 Å². The SMILES string of the molecule is CN=C(NCCc1cc2ccccc2o1)NC1CCN(C2CCCCC2)CC1.I. The van der Waals surface area contributed by atoms with E-state index in [4.69, 9.17) is 4.42 Å². The number of furan rings is 1. The molecule has 2 aliphatic rings. The summed E-state index contributed by atoms with van der Waals surface area (Å²) in [5, 5.41) is 8.24. The highest BCUT2D eigenvalue weighted by molar-refractivity contribution is 14.0. The molecule has 2 fully saturated rings. The van der Waals surface area contributed by atoms with E-state index in [1.165, 1.54) is 63.4 Å². The summed E-state index contributed by atoms with van der Waals surface area (Å²) in [5.41, 5.74) is 0.963. The van der Waals surface area contributed by atoms with E-state index in [2.05, 4.69) is 32.7 Å². The van der Waals surface area contributed by atoms with Crippen molar-refractivity contribution in [2.45, 2.75) is 63.5 Å². The Labute approximate surface area is 191 Å². The zero-order valence-corrected chi connectivity index (χ0v) is 19.9. The van der Waals surface area contributed by atoms with E-state index in [1.54, 1.807) is 0 Å². The molecular formula is C23H35IN4O. The first kappa shape index (κ1) is 22.4. The average Bonchev–Trinajstić information content (AvgIpc) is 3.17. The minimum Gasteiger partial charge on any atom is -0.461 e. The van der Waals surface area contributed by atoms with Crippen LogP contribution in [0.5, 0.6) is 0 Å². The summed E-state index contributed by atoms with van der Waals surface area (Å²) < 4.78 is 5.90. The van der Waals surface area contributed by atoms with Crippen molar-refractivity contribution < 1.29 is 4.42 Å². The molecule has 160 valence electrons. The molecule has 1 aliphatic heterocycles. The predicted octanol–water partition coefficient (Wildman–Crippen LogP) is 4.56. The summed E-state index contributed by atoms with van der Waals surface area (Å²) in [6.45, 7) is 3.26. The molecule has 0 amide bonds. The minimum atomic E-state index is 0. The number of benzene rings is 1. The van der Waals surface area contributed by atoms with E-state index in [9.17, 15) is 0 Å². The van der Waals surface area contributed by atoms with Crippen molar-refractivity contribution in [1.82, 2.24) is 15.5 Å². The molecule has 5 nitrogen and oxygen atoms in total. The molecule has 4 rings (SSSR count). The lowest BCUT2D eigenvalue weighted by atomic mass is 9.92. The molecule has 1 aliphatic carbocycles. The van der Waals surface area contributed by atoms with Gasteiger partial charge in [-0.25, -0.2) is 0 Å². The van der Waals surface area contributed by atoms with Gasteiger partial charge in [-0.1, -0.05) is 37.5 Å². The van der Waals surface area contributed by atoms with Crippen molar-refractivity contribution in [2.75, 3.05) is 26.7 Å². The highest BCUT2D eigenvalue weighted by atomic mass is 127. The first-order valence-electron chi connectivity index (χ1n) is 11.0. The quantitative estimate of drug-likeness (QED) is 0.352. The van der Waals surface area contributed by atoms with Crippen molar-refractivity contribution in [3.05, 3.63) is 36.1 Å². The molecule has 1 aromatic carbocycles. The molecule has 6 heteroatoms. The average molecular weight is 510 g/mol. The van der Waals surface area contributed by atoms with Crippen molar-refractivity contribution in [3.63, 3.8) is 0 Å². The van der Waals surface area contributed by atoms with Crippen LogP contribution in [0.15, 0.2) is 39.7 Å². The van der Waals surface area contributed by atoms with Gasteiger partial charge in [0.15, 0.2) is 5.96 Å². The highest BCUT2D eigenvalue weighted by Crippen LogP contribution is 2.25. The van der Waals surface area contributed by atoms with Gasteiger partial charge in [-0.2, -0.15) is 0 Å². The molecule has 0 unspecified atom stereocenters. The number of piperidine rings is 1. The van der Waals surface area contributed by atoms with Crippen molar-refractivity contribution >= 4 is 40.9 Å². The number of guanidine groups is 1. The van der Waals surface area contributed by atoms with E-state index in [0.29, 0.717) is 6.04 Å². The van der Waals surface area contributed by atoms with Crippen LogP contribution in [0.2, 0.25) is 0 Å². The van der Waals surface area contributed by atoms with Gasteiger partial charge in [-0.15, -0.1) is 24.0 Å². The van der Waals surface area contributed by atoms with Crippen molar-refractivity contribution in [3.8, 4) is 0 Å². The lowest BCUT2D eigenvalue weighted by Crippen LogP contribution is -2.51. The Bertz CT molecular complexity index is 743. The van der Waals surface area contributed by atoms with Crippen LogP contribution in [0.3, 0.4) is 0 Å². The number of aliphatic imine (C=N–C) groups is 1. The molecule has 1 saturated heterocycles.